The second-order valence-corrected chi connectivity index (χ2v) is 40.6. The molecule has 8 heterocycles. The van der Waals surface area contributed by atoms with E-state index in [2.05, 4.69) is 113 Å². The molecule has 728 valence electrons. The van der Waals surface area contributed by atoms with Gasteiger partial charge in [-0.2, -0.15) is 41.0 Å². The molecule has 12 aromatic rings. The Morgan fingerprint density at radius 3 is 0.852 bits per heavy atom. The Kier molecular flexibility index (Phi) is 26.9. The van der Waals surface area contributed by atoms with Crippen LogP contribution in [0.3, 0.4) is 0 Å². The van der Waals surface area contributed by atoms with Gasteiger partial charge in [0.1, 0.15) is 47.3 Å². The second kappa shape index (κ2) is 39.7. The molecule has 8 aromatic carbocycles. The van der Waals surface area contributed by atoms with Gasteiger partial charge in [-0.1, -0.05) is 93.4 Å². The lowest BCUT2D eigenvalue weighted by Crippen LogP contribution is -2.47. The van der Waals surface area contributed by atoms with Gasteiger partial charge in [0.25, 0.3) is 23.6 Å². The normalized spacial score (nSPS) is 22.2. The molecule has 4 aromatic heterocycles. The Morgan fingerprint density at radius 2 is 0.613 bits per heavy atom. The topological polar surface area (TPSA) is 450 Å². The van der Waals surface area contributed by atoms with Crippen molar-refractivity contribution in [1.29, 1.82) is 21.0 Å². The number of rotatable bonds is 24. The summed E-state index contributed by atoms with van der Waals surface area (Å²) < 4.78 is 45.3. The number of aromatic nitrogens is 8. The van der Waals surface area contributed by atoms with Gasteiger partial charge in [0.15, 0.2) is 0 Å². The Balaban J connectivity index is 0.000000120. The summed E-state index contributed by atoms with van der Waals surface area (Å²) in [6.07, 6.45) is 14.9. The van der Waals surface area contributed by atoms with Gasteiger partial charge in [-0.15, -0.1) is 0 Å². The van der Waals surface area contributed by atoms with Crippen LogP contribution in [-0.2, 0) is 66.5 Å². The van der Waals surface area contributed by atoms with Crippen molar-refractivity contribution in [3.05, 3.63) is 212 Å². The molecule has 6 fully saturated rings. The monoisotopic (exact) mass is 1910 g/mol. The molecule has 32 nitrogen and oxygen atoms in total. The average Bonchev–Trinajstić information content (AvgIpc) is 1.53. The van der Waals surface area contributed by atoms with Crippen LogP contribution in [0.15, 0.2) is 164 Å². The van der Waals surface area contributed by atoms with Crippen molar-refractivity contribution in [2.75, 3.05) is 65.4 Å². The van der Waals surface area contributed by atoms with Crippen LogP contribution in [0.25, 0.3) is 91.4 Å². The first-order chi connectivity index (χ1) is 68.5. The van der Waals surface area contributed by atoms with Gasteiger partial charge < -0.3 is 57.5 Å². The fourth-order valence-electron chi connectivity index (χ4n) is 23.3. The molecule has 10 aliphatic rings. The first kappa shape index (κ1) is 96.1. The van der Waals surface area contributed by atoms with E-state index in [1.165, 1.54) is 44.5 Å². The summed E-state index contributed by atoms with van der Waals surface area (Å²) >= 11 is 0. The summed E-state index contributed by atoms with van der Waals surface area (Å²) in [6, 6.07) is 55.8. The summed E-state index contributed by atoms with van der Waals surface area (Å²) in [5, 5.41) is 92.2. The number of likely N-dealkylation sites (tertiary alicyclic amines) is 4. The van der Waals surface area contributed by atoms with E-state index in [0.29, 0.717) is 126 Å². The number of benzene rings is 8. The van der Waals surface area contributed by atoms with Gasteiger partial charge in [0.2, 0.25) is 23.3 Å². The molecule has 0 bridgehead atoms. The third-order valence-corrected chi connectivity index (χ3v) is 30.2. The molecular formula is C110H112N16O16. The van der Waals surface area contributed by atoms with E-state index in [0.717, 1.165) is 177 Å². The third kappa shape index (κ3) is 19.2. The van der Waals surface area contributed by atoms with Crippen LogP contribution in [0.1, 0.15) is 199 Å². The predicted octanol–water partition coefficient (Wildman–Crippen LogP) is 17.7. The van der Waals surface area contributed by atoms with Gasteiger partial charge in [0, 0.05) is 104 Å². The summed E-state index contributed by atoms with van der Waals surface area (Å²) in [5.74, 6) is 2.48. The lowest BCUT2D eigenvalue weighted by Gasteiger charge is -2.40. The number of nitrogens with zero attached hydrogens (tertiary/aromatic N) is 16. The van der Waals surface area contributed by atoms with E-state index >= 15 is 0 Å². The van der Waals surface area contributed by atoms with Crippen molar-refractivity contribution < 1.29 is 76.6 Å². The number of carboxylic acids is 4. The Labute approximate surface area is 821 Å². The van der Waals surface area contributed by atoms with E-state index < -0.39 is 23.9 Å². The molecule has 2 saturated carbocycles. The second-order valence-electron chi connectivity index (χ2n) is 40.6. The minimum Gasteiger partial charge on any atom is -0.490 e. The fourth-order valence-corrected chi connectivity index (χ4v) is 23.3. The zero-order chi connectivity index (χ0) is 99.2. The van der Waals surface area contributed by atoms with E-state index in [9.17, 15) is 60.7 Å². The molecule has 4 aliphatic heterocycles. The molecule has 4 N–H and O–H groups in total. The van der Waals surface area contributed by atoms with Crippen LogP contribution in [0.4, 0.5) is 0 Å². The zero-order valence-corrected chi connectivity index (χ0v) is 80.7. The maximum Gasteiger partial charge on any atom is 0.317 e. The molecule has 4 saturated heterocycles. The summed E-state index contributed by atoms with van der Waals surface area (Å²) in [6.45, 7) is 22.6. The minimum absolute atomic E-state index is 0.0126. The highest BCUT2D eigenvalue weighted by Crippen LogP contribution is 2.55. The van der Waals surface area contributed by atoms with Gasteiger partial charge in [-0.05, 0) is 302 Å². The molecular weight excluding hydrogens is 1800 g/mol. The van der Waals surface area contributed by atoms with Crippen LogP contribution in [0.2, 0.25) is 0 Å². The Hall–Kier alpha value is -14.8. The van der Waals surface area contributed by atoms with Gasteiger partial charge in [0.05, 0.1) is 71.6 Å². The number of ether oxygens (including phenoxy) is 4. The molecule has 4 spiro atoms. The van der Waals surface area contributed by atoms with E-state index in [1.807, 2.05) is 114 Å². The average molecular weight is 1910 g/mol. The Morgan fingerprint density at radius 1 is 0.359 bits per heavy atom. The van der Waals surface area contributed by atoms with Crippen molar-refractivity contribution in [2.45, 2.75) is 216 Å². The maximum absolute atomic E-state index is 11.2. The van der Waals surface area contributed by atoms with E-state index in [1.54, 1.807) is 48.5 Å². The van der Waals surface area contributed by atoms with E-state index in [-0.39, 0.29) is 71.0 Å². The number of carbonyl (C=O) groups is 4. The van der Waals surface area contributed by atoms with Gasteiger partial charge in [-0.25, -0.2) is 0 Å². The standard InChI is InChI=1S/2C29H30N4O4.2C26H26N4O4/c2*1-17(2)36-25-7-6-18(12-20(25)15-30)27-31-26(32-37-27)23-4-3-5-24-22(23)8-9-29(24)10-11-33(16-29)21-13-19(14-21)28(34)35;2*1-16(2)33-22-7-6-17(12-18(22)13-27)25-28-24(29-34-25)20-4-3-5-21-19(20)8-9-26(21)10-11-30(15-26)14-23(31)32/h2*3-7,12,17,19,21H,8-11,13-14,16H2,1-2H3,(H,34,35);2*3-7,12,16H,8-11,14-15H2,1-2H3,(H,31,32)/t2*19?,21?,29-;2*26-/m1010/s1. The number of hydrogen-bond acceptors (Lipinski definition) is 28. The van der Waals surface area contributed by atoms with Gasteiger partial charge >= 0.3 is 23.9 Å². The SMILES string of the molecule is CC(C)Oc1ccc(-c2nc(-c3cccc4c3CC[C@@]43CCN(C4CC(C(=O)O)C4)C3)no2)cc1C#N.CC(C)Oc1ccc(-c2nc(-c3cccc4c3CC[C@@]43CCN(CC(=O)O)C3)no2)cc1C#N.CC(C)Oc1ccc(-c2nc(-c3cccc4c3CC[C@]43CCN(C4CC(C(=O)O)C4)C3)no2)cc1C#N.CC(C)Oc1ccc(-c2nc(-c3cccc4c3CC[C@]43CCN(CC(=O)O)C3)no2)cc1C#N. The number of carboxylic acid groups (broad SMARTS) is 4. The highest BCUT2D eigenvalue weighted by molar-refractivity contribution is 5.76. The molecule has 0 amide bonds. The predicted molar refractivity (Wildman–Crippen MR) is 521 cm³/mol. The molecule has 6 aliphatic carbocycles. The maximum atomic E-state index is 11.2. The summed E-state index contributed by atoms with van der Waals surface area (Å²) in [5.41, 5.74) is 18.7. The first-order valence-electron chi connectivity index (χ1n) is 49.0. The molecule has 142 heavy (non-hydrogen) atoms. The van der Waals surface area contributed by atoms with Gasteiger partial charge in [-0.3, -0.25) is 38.8 Å². The number of aliphatic carboxylic acids is 4. The van der Waals surface area contributed by atoms with Crippen LogP contribution in [0, 0.1) is 57.2 Å². The molecule has 32 heteroatoms. The van der Waals surface area contributed by atoms with Crippen molar-refractivity contribution in [2.24, 2.45) is 11.8 Å². The lowest BCUT2D eigenvalue weighted by atomic mass is 9.78. The number of fused-ring (bicyclic) bond motifs is 8. The Bertz CT molecular complexity index is 6620. The van der Waals surface area contributed by atoms with Crippen molar-refractivity contribution in [3.8, 4) is 139 Å². The minimum atomic E-state index is -0.785. The zero-order valence-electron chi connectivity index (χ0n) is 80.7. The molecule has 0 radical (unpaired) electrons. The van der Waals surface area contributed by atoms with Crippen molar-refractivity contribution in [1.82, 2.24) is 60.2 Å². The summed E-state index contributed by atoms with van der Waals surface area (Å²) in [7, 11) is 0. The number of nitriles is 4. The fraction of sp³-hybridized carbons (Fsp3) is 0.418. The highest BCUT2D eigenvalue weighted by Gasteiger charge is 2.53. The van der Waals surface area contributed by atoms with Crippen LogP contribution in [0.5, 0.6) is 23.0 Å². The lowest BCUT2D eigenvalue weighted by molar-refractivity contribution is -0.147. The van der Waals surface area contributed by atoms with E-state index in [4.69, 9.17) is 47.0 Å². The molecule has 0 unspecified atom stereocenters. The highest BCUT2D eigenvalue weighted by atomic mass is 16.5. The van der Waals surface area contributed by atoms with Crippen LogP contribution >= 0.6 is 0 Å². The molecule has 4 atom stereocenters. The largest absolute Gasteiger partial charge is 0.490 e. The molecule has 22 rings (SSSR count). The van der Waals surface area contributed by atoms with Crippen molar-refractivity contribution >= 4 is 23.9 Å². The van der Waals surface area contributed by atoms with Crippen LogP contribution < -0.4 is 18.9 Å². The summed E-state index contributed by atoms with van der Waals surface area (Å²) in [4.78, 5) is 72.6. The number of hydrogen-bond donors (Lipinski definition) is 4. The first-order valence-corrected chi connectivity index (χ1v) is 49.0. The quantitative estimate of drug-likeness (QED) is 0.0436. The third-order valence-electron chi connectivity index (χ3n) is 30.2. The smallest absolute Gasteiger partial charge is 0.317 e. The van der Waals surface area contributed by atoms with Crippen LogP contribution in [-0.4, -0.2) is 206 Å². The van der Waals surface area contributed by atoms with Crippen molar-refractivity contribution in [3.63, 3.8) is 0 Å².